The number of aromatic nitrogens is 1. The fraction of sp³-hybridized carbons (Fsp3) is 0.692. The summed E-state index contributed by atoms with van der Waals surface area (Å²) in [6.07, 6.45) is 2.91. The number of nitrogens with zero attached hydrogens (tertiary/aromatic N) is 2. The van der Waals surface area contributed by atoms with Crippen LogP contribution in [-0.2, 0) is 11.2 Å². The number of rotatable bonds is 5. The van der Waals surface area contributed by atoms with Gasteiger partial charge in [-0.3, -0.25) is 9.69 Å². The topological polar surface area (TPSA) is 65.5 Å². The normalized spacial score (nSPS) is 19.8. The van der Waals surface area contributed by atoms with Crippen LogP contribution in [0.25, 0.3) is 0 Å². The maximum atomic E-state index is 12.0. The van der Waals surface area contributed by atoms with Crippen molar-refractivity contribution in [3.05, 3.63) is 10.6 Å². The van der Waals surface area contributed by atoms with Crippen molar-refractivity contribution in [2.45, 2.75) is 39.2 Å². The second-order valence-corrected chi connectivity index (χ2v) is 6.08. The third kappa shape index (κ3) is 3.52. The summed E-state index contributed by atoms with van der Waals surface area (Å²) < 4.78 is 0. The lowest BCUT2D eigenvalue weighted by molar-refractivity contribution is -0.117. The van der Waals surface area contributed by atoms with Crippen LogP contribution in [0.4, 0.5) is 5.13 Å². The third-order valence-electron chi connectivity index (χ3n) is 3.53. The number of amides is 1. The van der Waals surface area contributed by atoms with E-state index in [0.717, 1.165) is 36.4 Å². The van der Waals surface area contributed by atoms with Crippen molar-refractivity contribution < 1.29 is 9.90 Å². The second kappa shape index (κ2) is 6.45. The summed E-state index contributed by atoms with van der Waals surface area (Å²) in [5.41, 5.74) is 1.05. The molecule has 2 heterocycles. The molecule has 19 heavy (non-hydrogen) atoms. The monoisotopic (exact) mass is 283 g/mol. The fourth-order valence-electron chi connectivity index (χ4n) is 2.46. The summed E-state index contributed by atoms with van der Waals surface area (Å²) in [5.74, 6) is -0.0447. The van der Waals surface area contributed by atoms with Crippen LogP contribution in [0, 0.1) is 6.92 Å². The Morgan fingerprint density at radius 3 is 3.05 bits per heavy atom. The van der Waals surface area contributed by atoms with E-state index in [1.165, 1.54) is 11.3 Å². The summed E-state index contributed by atoms with van der Waals surface area (Å²) in [5, 5.41) is 12.8. The smallest absolute Gasteiger partial charge is 0.240 e. The number of aryl methyl sites for hydroxylation is 2. The molecule has 2 N–H and O–H groups in total. The molecule has 1 aliphatic heterocycles. The lowest BCUT2D eigenvalue weighted by Crippen LogP contribution is -2.38. The Hall–Kier alpha value is -0.980. The molecule has 1 fully saturated rings. The van der Waals surface area contributed by atoms with Crippen molar-refractivity contribution in [1.29, 1.82) is 0 Å². The van der Waals surface area contributed by atoms with Crippen LogP contribution < -0.4 is 5.32 Å². The number of anilines is 1. The first-order valence-corrected chi connectivity index (χ1v) is 7.56. The molecule has 1 amide bonds. The molecule has 1 saturated heterocycles. The van der Waals surface area contributed by atoms with Gasteiger partial charge in [0.2, 0.25) is 5.91 Å². The number of hydrogen-bond donors (Lipinski definition) is 2. The first kappa shape index (κ1) is 14.4. The van der Waals surface area contributed by atoms with Crippen LogP contribution >= 0.6 is 11.3 Å². The van der Waals surface area contributed by atoms with Crippen molar-refractivity contribution in [2.75, 3.05) is 25.0 Å². The van der Waals surface area contributed by atoms with Gasteiger partial charge >= 0.3 is 0 Å². The van der Waals surface area contributed by atoms with E-state index >= 15 is 0 Å². The largest absolute Gasteiger partial charge is 0.395 e. The number of aliphatic hydroxyl groups is 1. The van der Waals surface area contributed by atoms with E-state index < -0.39 is 0 Å². The van der Waals surface area contributed by atoms with Crippen LogP contribution in [0.15, 0.2) is 0 Å². The average molecular weight is 283 g/mol. The molecule has 0 bridgehead atoms. The zero-order valence-corrected chi connectivity index (χ0v) is 12.3. The number of aliphatic hydroxyl groups excluding tert-OH is 1. The van der Waals surface area contributed by atoms with Gasteiger partial charge in [0.15, 0.2) is 5.13 Å². The number of thiazole rings is 1. The lowest BCUT2D eigenvalue weighted by atomic mass is 10.2. The molecule has 0 unspecified atom stereocenters. The van der Waals surface area contributed by atoms with E-state index in [2.05, 4.69) is 17.2 Å². The zero-order valence-electron chi connectivity index (χ0n) is 11.5. The van der Waals surface area contributed by atoms with Crippen LogP contribution in [0.1, 0.15) is 30.3 Å². The molecule has 1 atom stereocenters. The molecule has 1 aromatic rings. The van der Waals surface area contributed by atoms with Crippen molar-refractivity contribution >= 4 is 22.4 Å². The van der Waals surface area contributed by atoms with E-state index in [1.54, 1.807) is 0 Å². The van der Waals surface area contributed by atoms with E-state index in [4.69, 9.17) is 0 Å². The minimum absolute atomic E-state index is 0.0447. The van der Waals surface area contributed by atoms with E-state index in [1.807, 2.05) is 11.8 Å². The minimum atomic E-state index is -0.0447. The Kier molecular flexibility index (Phi) is 4.90. The van der Waals surface area contributed by atoms with Crippen LogP contribution in [-0.4, -0.2) is 46.6 Å². The van der Waals surface area contributed by atoms with Crippen molar-refractivity contribution in [2.24, 2.45) is 0 Å². The van der Waals surface area contributed by atoms with Gasteiger partial charge in [-0.2, -0.15) is 0 Å². The molecule has 1 aliphatic rings. The molecule has 0 aliphatic carbocycles. The zero-order chi connectivity index (χ0) is 13.8. The summed E-state index contributed by atoms with van der Waals surface area (Å²) in [7, 11) is 0. The molecule has 0 aromatic carbocycles. The van der Waals surface area contributed by atoms with Gasteiger partial charge in [-0.15, -0.1) is 11.3 Å². The summed E-state index contributed by atoms with van der Waals surface area (Å²) in [6.45, 7) is 5.43. The van der Waals surface area contributed by atoms with Gasteiger partial charge in [0.25, 0.3) is 0 Å². The van der Waals surface area contributed by atoms with Gasteiger partial charge < -0.3 is 10.4 Å². The van der Waals surface area contributed by atoms with Crippen LogP contribution in [0.3, 0.4) is 0 Å². The lowest BCUT2D eigenvalue weighted by Gasteiger charge is -2.21. The third-order valence-corrected chi connectivity index (χ3v) is 4.46. The number of carbonyl (C=O) groups is 1. The van der Waals surface area contributed by atoms with Crippen LogP contribution in [0.5, 0.6) is 0 Å². The van der Waals surface area contributed by atoms with E-state index in [0.29, 0.717) is 11.7 Å². The van der Waals surface area contributed by atoms with Crippen molar-refractivity contribution in [3.63, 3.8) is 0 Å². The molecule has 106 valence electrons. The summed E-state index contributed by atoms with van der Waals surface area (Å²) >= 11 is 1.52. The first-order valence-electron chi connectivity index (χ1n) is 6.75. The quantitative estimate of drug-likeness (QED) is 0.857. The Morgan fingerprint density at radius 1 is 1.63 bits per heavy atom. The highest BCUT2D eigenvalue weighted by atomic mass is 32.1. The summed E-state index contributed by atoms with van der Waals surface area (Å²) in [6, 6.07) is 0.134. The Balaban J connectivity index is 1.90. The molecular weight excluding hydrogens is 262 g/mol. The molecule has 0 spiro atoms. The fourth-order valence-corrected chi connectivity index (χ4v) is 3.38. The predicted octanol–water partition coefficient (Wildman–Crippen LogP) is 1.41. The Morgan fingerprint density at radius 2 is 2.42 bits per heavy atom. The van der Waals surface area contributed by atoms with Crippen molar-refractivity contribution in [1.82, 2.24) is 9.88 Å². The van der Waals surface area contributed by atoms with Gasteiger partial charge in [-0.1, -0.05) is 6.92 Å². The van der Waals surface area contributed by atoms with E-state index in [9.17, 15) is 9.90 Å². The molecule has 2 rings (SSSR count). The number of carbonyl (C=O) groups excluding carboxylic acids is 1. The minimum Gasteiger partial charge on any atom is -0.395 e. The molecule has 1 aromatic heterocycles. The van der Waals surface area contributed by atoms with Crippen molar-refractivity contribution in [3.8, 4) is 0 Å². The molecular formula is C13H21N3O2S. The van der Waals surface area contributed by atoms with Gasteiger partial charge in [-0.25, -0.2) is 4.98 Å². The maximum Gasteiger partial charge on any atom is 0.240 e. The SMILES string of the molecule is CCc1nc(NC(=O)CN2CCC[C@@H]2CO)sc1C. The number of likely N-dealkylation sites (tertiary alicyclic amines) is 1. The Labute approximate surface area is 117 Å². The number of hydrogen-bond acceptors (Lipinski definition) is 5. The van der Waals surface area contributed by atoms with E-state index in [-0.39, 0.29) is 18.6 Å². The van der Waals surface area contributed by atoms with Gasteiger partial charge in [-0.05, 0) is 32.7 Å². The number of nitrogens with one attached hydrogen (secondary N) is 1. The molecule has 0 radical (unpaired) electrons. The summed E-state index contributed by atoms with van der Waals surface area (Å²) in [4.78, 5) is 19.6. The van der Waals surface area contributed by atoms with Gasteiger partial charge in [0.1, 0.15) is 0 Å². The predicted molar refractivity (Wildman–Crippen MR) is 76.5 cm³/mol. The standard InChI is InChI=1S/C13H21N3O2S/c1-3-11-9(2)19-13(14-11)15-12(18)7-16-6-4-5-10(16)8-17/h10,17H,3-8H2,1-2H3,(H,14,15,18)/t10-/m1/s1. The molecule has 5 nitrogen and oxygen atoms in total. The average Bonchev–Trinajstić information content (AvgIpc) is 2.95. The van der Waals surface area contributed by atoms with Gasteiger partial charge in [0.05, 0.1) is 18.8 Å². The van der Waals surface area contributed by atoms with Crippen LogP contribution in [0.2, 0.25) is 0 Å². The maximum absolute atomic E-state index is 12.0. The first-order chi connectivity index (χ1) is 9.13. The highest BCUT2D eigenvalue weighted by Gasteiger charge is 2.25. The van der Waals surface area contributed by atoms with Gasteiger partial charge in [0, 0.05) is 10.9 Å². The molecule has 6 heteroatoms. The Bertz CT molecular complexity index is 447. The highest BCUT2D eigenvalue weighted by Crippen LogP contribution is 2.22. The second-order valence-electron chi connectivity index (χ2n) is 4.87. The molecule has 0 saturated carbocycles. The highest BCUT2D eigenvalue weighted by molar-refractivity contribution is 7.15.